The van der Waals surface area contributed by atoms with Crippen LogP contribution in [0, 0.1) is 0 Å². The Morgan fingerprint density at radius 1 is 1.00 bits per heavy atom. The lowest BCUT2D eigenvalue weighted by Crippen LogP contribution is -2.35. The van der Waals surface area contributed by atoms with Gasteiger partial charge in [0.15, 0.2) is 23.0 Å². The van der Waals surface area contributed by atoms with Crippen molar-refractivity contribution in [2.75, 3.05) is 21.3 Å². The van der Waals surface area contributed by atoms with E-state index in [4.69, 9.17) is 35.6 Å². The van der Waals surface area contributed by atoms with Gasteiger partial charge in [0, 0.05) is 28.1 Å². The largest absolute Gasteiger partial charge is 0.493 e. The van der Waals surface area contributed by atoms with Crippen molar-refractivity contribution in [2.45, 2.75) is 18.7 Å². The lowest BCUT2D eigenvalue weighted by atomic mass is 9.94. The van der Waals surface area contributed by atoms with Crippen molar-refractivity contribution >= 4 is 23.3 Å². The van der Waals surface area contributed by atoms with Crippen LogP contribution in [0.2, 0.25) is 5.02 Å². The number of hydrogen-bond acceptors (Lipinski definition) is 7. The Morgan fingerprint density at radius 3 is 2.46 bits per heavy atom. The van der Waals surface area contributed by atoms with E-state index >= 15 is 0 Å². The number of hydrazone groups is 1. The van der Waals surface area contributed by atoms with Crippen LogP contribution in [0.3, 0.4) is 0 Å². The van der Waals surface area contributed by atoms with E-state index in [0.717, 1.165) is 16.8 Å². The predicted octanol–water partition coefficient (Wildman–Crippen LogP) is 5.31. The number of carbonyl (C=O) groups is 1. The fourth-order valence-corrected chi connectivity index (χ4v) is 4.92. The molecule has 3 aromatic rings. The summed E-state index contributed by atoms with van der Waals surface area (Å²) in [6.45, 7) is 0. The molecule has 0 bridgehead atoms. The Labute approximate surface area is 207 Å². The Morgan fingerprint density at radius 2 is 1.77 bits per heavy atom. The first kappa shape index (κ1) is 22.9. The maximum atomic E-state index is 12.4. The predicted molar refractivity (Wildman–Crippen MR) is 130 cm³/mol. The first-order chi connectivity index (χ1) is 17.0. The summed E-state index contributed by atoms with van der Waals surface area (Å²) in [4.78, 5) is 12.4. The molecular formula is C26H23ClN2O6. The highest BCUT2D eigenvalue weighted by atomic mass is 35.5. The summed E-state index contributed by atoms with van der Waals surface area (Å²) in [6.07, 6.45) is -0.311. The van der Waals surface area contributed by atoms with Crippen LogP contribution in [-0.2, 0) is 0 Å². The summed E-state index contributed by atoms with van der Waals surface area (Å²) in [5, 5.41) is 17.4. The fourth-order valence-electron chi connectivity index (χ4n) is 4.68. The minimum atomic E-state index is -1.17. The molecule has 0 saturated carbocycles. The number of benzene rings is 3. The Hall–Kier alpha value is -3.91. The Kier molecular flexibility index (Phi) is 5.90. The maximum absolute atomic E-state index is 12.4. The number of methoxy groups -OCH3 is 3. The first-order valence-corrected chi connectivity index (χ1v) is 11.3. The number of nitrogens with zero attached hydrogens (tertiary/aromatic N) is 2. The van der Waals surface area contributed by atoms with E-state index in [2.05, 4.69) is 0 Å². The van der Waals surface area contributed by atoms with Crippen molar-refractivity contribution in [2.24, 2.45) is 5.10 Å². The summed E-state index contributed by atoms with van der Waals surface area (Å²) in [7, 11) is 4.43. The van der Waals surface area contributed by atoms with E-state index in [1.165, 1.54) is 14.2 Å². The van der Waals surface area contributed by atoms with Crippen LogP contribution < -0.4 is 18.9 Å². The average molecular weight is 495 g/mol. The van der Waals surface area contributed by atoms with Gasteiger partial charge in [-0.25, -0.2) is 9.80 Å². The van der Waals surface area contributed by atoms with Gasteiger partial charge in [-0.05, 0) is 24.3 Å². The van der Waals surface area contributed by atoms with Gasteiger partial charge in [0.2, 0.25) is 6.23 Å². The summed E-state index contributed by atoms with van der Waals surface area (Å²) in [5.74, 6) is 0.341. The van der Waals surface area contributed by atoms with E-state index in [-0.39, 0.29) is 17.4 Å². The monoisotopic (exact) mass is 494 g/mol. The molecule has 8 nitrogen and oxygen atoms in total. The third-order valence-electron chi connectivity index (χ3n) is 6.24. The molecule has 0 radical (unpaired) electrons. The van der Waals surface area contributed by atoms with Crippen LogP contribution in [0.4, 0.5) is 0 Å². The molecule has 0 fully saturated rings. The standard InChI is InChI=1S/C26H23ClN2O6/c1-32-20-10-6-8-15-19-13-18(14-7-4-5-9-17(14)27)28-29(19)25(35-23(15)20)16-11-12-21(33-2)24(34-3)22(16)26(30)31/h4-12,19,25H,13H2,1-3H3,(H,30,31)/t19-,25-/m1/s1. The van der Waals surface area contributed by atoms with Gasteiger partial charge in [0.05, 0.1) is 33.1 Å². The fraction of sp³-hybridized carbons (Fsp3) is 0.231. The summed E-state index contributed by atoms with van der Waals surface area (Å²) in [6, 6.07) is 16.3. The third-order valence-corrected chi connectivity index (χ3v) is 6.57. The minimum absolute atomic E-state index is 0.0599. The molecule has 1 N–H and O–H groups in total. The molecule has 0 aromatic heterocycles. The number of rotatable bonds is 6. The lowest BCUT2D eigenvalue weighted by Gasteiger charge is -2.39. The third kappa shape index (κ3) is 3.70. The van der Waals surface area contributed by atoms with Gasteiger partial charge in [0.1, 0.15) is 5.56 Å². The molecule has 35 heavy (non-hydrogen) atoms. The molecule has 0 saturated heterocycles. The summed E-state index contributed by atoms with van der Waals surface area (Å²) >= 11 is 6.48. The van der Waals surface area contributed by atoms with Gasteiger partial charge in [-0.3, -0.25) is 0 Å². The molecular weight excluding hydrogens is 472 g/mol. The van der Waals surface area contributed by atoms with E-state index in [1.807, 2.05) is 42.5 Å². The number of halogens is 1. The highest BCUT2D eigenvalue weighted by Crippen LogP contribution is 2.52. The Bertz CT molecular complexity index is 1340. The van der Waals surface area contributed by atoms with Crippen LogP contribution >= 0.6 is 11.6 Å². The molecule has 3 aromatic carbocycles. The minimum Gasteiger partial charge on any atom is -0.493 e. The maximum Gasteiger partial charge on any atom is 0.340 e. The number of fused-ring (bicyclic) bond motifs is 3. The van der Waals surface area contributed by atoms with Crippen molar-refractivity contribution in [3.63, 3.8) is 0 Å². The lowest BCUT2D eigenvalue weighted by molar-refractivity contribution is -0.0217. The van der Waals surface area contributed by atoms with Gasteiger partial charge >= 0.3 is 5.97 Å². The highest BCUT2D eigenvalue weighted by Gasteiger charge is 2.44. The molecule has 0 unspecified atom stereocenters. The quantitative estimate of drug-likeness (QED) is 0.497. The van der Waals surface area contributed by atoms with Crippen molar-refractivity contribution in [3.8, 4) is 23.0 Å². The molecule has 0 amide bonds. The number of carboxylic acids is 1. The number of ether oxygens (including phenoxy) is 4. The van der Waals surface area contributed by atoms with Crippen LogP contribution in [0.15, 0.2) is 59.7 Å². The molecule has 2 heterocycles. The smallest absolute Gasteiger partial charge is 0.340 e. The second-order valence-electron chi connectivity index (χ2n) is 8.05. The second kappa shape index (κ2) is 9.03. The molecule has 2 aliphatic heterocycles. The number of hydrogen-bond donors (Lipinski definition) is 1. The molecule has 2 aliphatic rings. The molecule has 2 atom stereocenters. The highest BCUT2D eigenvalue weighted by molar-refractivity contribution is 6.34. The van der Waals surface area contributed by atoms with E-state index < -0.39 is 12.2 Å². The summed E-state index contributed by atoms with van der Waals surface area (Å²) < 4.78 is 22.8. The zero-order chi connectivity index (χ0) is 24.7. The van der Waals surface area contributed by atoms with Crippen LogP contribution in [0.1, 0.15) is 45.7 Å². The molecule has 180 valence electrons. The Balaban J connectivity index is 1.72. The van der Waals surface area contributed by atoms with Crippen LogP contribution in [0.5, 0.6) is 23.0 Å². The van der Waals surface area contributed by atoms with E-state index in [9.17, 15) is 9.90 Å². The van der Waals surface area contributed by atoms with Gasteiger partial charge < -0.3 is 24.1 Å². The van der Waals surface area contributed by atoms with Gasteiger partial charge in [-0.2, -0.15) is 5.10 Å². The average Bonchev–Trinajstić information content (AvgIpc) is 3.32. The summed E-state index contributed by atoms with van der Waals surface area (Å²) in [5.41, 5.74) is 2.81. The molecule has 0 aliphatic carbocycles. The van der Waals surface area contributed by atoms with Gasteiger partial charge in [-0.15, -0.1) is 0 Å². The van der Waals surface area contributed by atoms with Crippen molar-refractivity contribution < 1.29 is 28.8 Å². The zero-order valence-corrected chi connectivity index (χ0v) is 20.1. The zero-order valence-electron chi connectivity index (χ0n) is 19.3. The number of aromatic carboxylic acids is 1. The number of carboxylic acid groups (broad SMARTS) is 1. The normalized spacial score (nSPS) is 18.2. The number of para-hydroxylation sites is 1. The van der Waals surface area contributed by atoms with E-state index in [1.54, 1.807) is 24.3 Å². The van der Waals surface area contributed by atoms with Crippen molar-refractivity contribution in [1.29, 1.82) is 0 Å². The molecule has 5 rings (SSSR count). The van der Waals surface area contributed by atoms with Crippen molar-refractivity contribution in [1.82, 2.24) is 5.01 Å². The topological polar surface area (TPSA) is 89.8 Å². The van der Waals surface area contributed by atoms with Gasteiger partial charge in [-0.1, -0.05) is 41.9 Å². The second-order valence-corrected chi connectivity index (χ2v) is 8.45. The van der Waals surface area contributed by atoms with Crippen LogP contribution in [-0.4, -0.2) is 43.1 Å². The SMILES string of the molecule is COc1cccc2c1O[C@H](c1ccc(OC)c(OC)c1C(=O)O)N1N=C(c3ccccc3Cl)C[C@H]21. The molecule has 9 heteroatoms. The first-order valence-electron chi connectivity index (χ1n) is 10.9. The molecule has 0 spiro atoms. The van der Waals surface area contributed by atoms with Gasteiger partial charge in [0.25, 0.3) is 0 Å². The van der Waals surface area contributed by atoms with Crippen molar-refractivity contribution in [3.05, 3.63) is 81.9 Å². The van der Waals surface area contributed by atoms with Crippen LogP contribution in [0.25, 0.3) is 0 Å². The van der Waals surface area contributed by atoms with E-state index in [0.29, 0.717) is 34.3 Å².